The van der Waals surface area contributed by atoms with Gasteiger partial charge in [-0.05, 0) is 30.5 Å². The molecule has 0 heterocycles. The van der Waals surface area contributed by atoms with Gasteiger partial charge in [0.15, 0.2) is 0 Å². The Morgan fingerprint density at radius 2 is 2.15 bits per heavy atom. The Balaban J connectivity index is 2.40. The van der Waals surface area contributed by atoms with E-state index < -0.39 is 0 Å². The summed E-state index contributed by atoms with van der Waals surface area (Å²) in [7, 11) is 0. The van der Waals surface area contributed by atoms with E-state index in [-0.39, 0.29) is 12.0 Å². The number of amides is 2. The smallest absolute Gasteiger partial charge is 0.319 e. The SMILES string of the molecule is CC(=O)OCCCc1cccc(NC(=O)NCCCl)c1. The number of hydrogen-bond donors (Lipinski definition) is 2. The average Bonchev–Trinajstić information content (AvgIpc) is 2.41. The third-order valence-electron chi connectivity index (χ3n) is 2.48. The van der Waals surface area contributed by atoms with Gasteiger partial charge in [0.2, 0.25) is 0 Å². The average molecular weight is 299 g/mol. The van der Waals surface area contributed by atoms with Crippen molar-refractivity contribution in [2.75, 3.05) is 24.3 Å². The van der Waals surface area contributed by atoms with Gasteiger partial charge in [-0.1, -0.05) is 12.1 Å². The van der Waals surface area contributed by atoms with Crippen molar-refractivity contribution in [3.63, 3.8) is 0 Å². The number of carbonyl (C=O) groups excluding carboxylic acids is 2. The second-order valence-corrected chi connectivity index (χ2v) is 4.59. The van der Waals surface area contributed by atoms with Crippen molar-refractivity contribution < 1.29 is 14.3 Å². The van der Waals surface area contributed by atoms with E-state index in [2.05, 4.69) is 10.6 Å². The first kappa shape index (κ1) is 16.3. The molecule has 0 spiro atoms. The highest BCUT2D eigenvalue weighted by molar-refractivity contribution is 6.18. The fourth-order valence-electron chi connectivity index (χ4n) is 1.63. The van der Waals surface area contributed by atoms with Gasteiger partial charge in [0.25, 0.3) is 0 Å². The maximum Gasteiger partial charge on any atom is 0.319 e. The molecule has 0 unspecified atom stereocenters. The number of carbonyl (C=O) groups is 2. The van der Waals surface area contributed by atoms with Gasteiger partial charge in [0, 0.05) is 25.0 Å². The molecule has 2 N–H and O–H groups in total. The molecule has 5 nitrogen and oxygen atoms in total. The van der Waals surface area contributed by atoms with Crippen LogP contribution in [0.4, 0.5) is 10.5 Å². The van der Waals surface area contributed by atoms with Gasteiger partial charge in [-0.2, -0.15) is 0 Å². The largest absolute Gasteiger partial charge is 0.466 e. The molecule has 0 saturated carbocycles. The van der Waals surface area contributed by atoms with Crippen molar-refractivity contribution in [2.45, 2.75) is 19.8 Å². The zero-order chi connectivity index (χ0) is 14.8. The normalized spacial score (nSPS) is 9.90. The maximum absolute atomic E-state index is 11.5. The number of hydrogen-bond acceptors (Lipinski definition) is 3. The molecule has 2 amide bonds. The van der Waals surface area contributed by atoms with Crippen LogP contribution in [0.5, 0.6) is 0 Å². The van der Waals surface area contributed by atoms with Gasteiger partial charge >= 0.3 is 12.0 Å². The van der Waals surface area contributed by atoms with E-state index in [9.17, 15) is 9.59 Å². The second-order valence-electron chi connectivity index (χ2n) is 4.21. The van der Waals surface area contributed by atoms with Gasteiger partial charge in [-0.15, -0.1) is 11.6 Å². The van der Waals surface area contributed by atoms with Crippen LogP contribution in [0.3, 0.4) is 0 Å². The summed E-state index contributed by atoms with van der Waals surface area (Å²) < 4.78 is 4.87. The summed E-state index contributed by atoms with van der Waals surface area (Å²) in [6.07, 6.45) is 1.54. The summed E-state index contributed by atoms with van der Waals surface area (Å²) in [6, 6.07) is 7.28. The molecular formula is C14H19ClN2O3. The van der Waals surface area contributed by atoms with E-state index in [1.165, 1.54) is 6.92 Å². The Morgan fingerprint density at radius 1 is 1.35 bits per heavy atom. The molecule has 0 aliphatic carbocycles. The monoisotopic (exact) mass is 298 g/mol. The number of halogens is 1. The van der Waals surface area contributed by atoms with Gasteiger partial charge in [0.1, 0.15) is 0 Å². The first-order valence-corrected chi connectivity index (χ1v) is 6.98. The summed E-state index contributed by atoms with van der Waals surface area (Å²) in [6.45, 7) is 2.22. The number of ether oxygens (including phenoxy) is 1. The minimum Gasteiger partial charge on any atom is -0.466 e. The summed E-state index contributed by atoms with van der Waals surface area (Å²) >= 11 is 5.49. The number of aryl methyl sites for hydroxylation is 1. The zero-order valence-corrected chi connectivity index (χ0v) is 12.2. The van der Waals surface area contributed by atoms with E-state index in [1.807, 2.05) is 24.3 Å². The van der Waals surface area contributed by atoms with E-state index in [0.29, 0.717) is 19.0 Å². The van der Waals surface area contributed by atoms with Crippen LogP contribution in [-0.2, 0) is 16.0 Å². The lowest BCUT2D eigenvalue weighted by Crippen LogP contribution is -2.30. The van der Waals surface area contributed by atoms with Crippen LogP contribution in [-0.4, -0.2) is 31.0 Å². The minimum absolute atomic E-state index is 0.267. The molecular weight excluding hydrogens is 280 g/mol. The van der Waals surface area contributed by atoms with Crippen LogP contribution in [0.15, 0.2) is 24.3 Å². The summed E-state index contributed by atoms with van der Waals surface area (Å²) in [4.78, 5) is 22.1. The first-order valence-electron chi connectivity index (χ1n) is 6.45. The quantitative estimate of drug-likeness (QED) is 0.462. The number of anilines is 1. The topological polar surface area (TPSA) is 67.4 Å². The predicted molar refractivity (Wildman–Crippen MR) is 79.1 cm³/mol. The number of nitrogens with one attached hydrogen (secondary N) is 2. The number of alkyl halides is 1. The summed E-state index contributed by atoms with van der Waals surface area (Å²) in [5, 5.41) is 5.36. The lowest BCUT2D eigenvalue weighted by molar-refractivity contribution is -0.141. The highest BCUT2D eigenvalue weighted by Crippen LogP contribution is 2.12. The standard InChI is InChI=1S/C14H19ClN2O3/c1-11(18)20-9-3-5-12-4-2-6-13(10-12)17-14(19)16-8-7-15/h2,4,6,10H,3,5,7-9H2,1H3,(H2,16,17,19). The van der Waals surface area contributed by atoms with Crippen molar-refractivity contribution in [2.24, 2.45) is 0 Å². The van der Waals surface area contributed by atoms with Gasteiger partial charge in [-0.25, -0.2) is 4.79 Å². The molecule has 1 rings (SSSR count). The van der Waals surface area contributed by atoms with E-state index in [0.717, 1.165) is 24.1 Å². The van der Waals surface area contributed by atoms with Crippen molar-refractivity contribution in [3.8, 4) is 0 Å². The molecule has 20 heavy (non-hydrogen) atoms. The number of rotatable bonds is 7. The predicted octanol–water partition coefficient (Wildman–Crippen LogP) is 2.54. The number of urea groups is 1. The molecule has 0 atom stereocenters. The molecule has 1 aromatic carbocycles. The van der Waals surface area contributed by atoms with Crippen LogP contribution < -0.4 is 10.6 Å². The molecule has 1 aromatic rings. The van der Waals surface area contributed by atoms with Crippen LogP contribution in [0.25, 0.3) is 0 Å². The molecule has 0 aliphatic heterocycles. The van der Waals surface area contributed by atoms with Crippen molar-refractivity contribution in [3.05, 3.63) is 29.8 Å². The molecule has 0 bridgehead atoms. The van der Waals surface area contributed by atoms with Gasteiger partial charge in [-0.3, -0.25) is 4.79 Å². The summed E-state index contributed by atoms with van der Waals surface area (Å²) in [5.74, 6) is 0.111. The molecule has 0 saturated heterocycles. The molecule has 0 fully saturated rings. The Hall–Kier alpha value is -1.75. The molecule has 6 heteroatoms. The highest BCUT2D eigenvalue weighted by atomic mass is 35.5. The third kappa shape index (κ3) is 6.99. The van der Waals surface area contributed by atoms with Crippen LogP contribution in [0.2, 0.25) is 0 Å². The fourth-order valence-corrected chi connectivity index (χ4v) is 1.73. The Kier molecular flexibility index (Phi) is 7.50. The lowest BCUT2D eigenvalue weighted by atomic mass is 10.1. The number of benzene rings is 1. The highest BCUT2D eigenvalue weighted by Gasteiger charge is 2.02. The van der Waals surface area contributed by atoms with Crippen molar-refractivity contribution >= 4 is 29.3 Å². The molecule has 0 radical (unpaired) electrons. The van der Waals surface area contributed by atoms with E-state index in [4.69, 9.17) is 16.3 Å². The Labute approximate surface area is 123 Å². The fraction of sp³-hybridized carbons (Fsp3) is 0.429. The zero-order valence-electron chi connectivity index (χ0n) is 11.4. The van der Waals surface area contributed by atoms with E-state index >= 15 is 0 Å². The molecule has 0 aliphatic rings. The Morgan fingerprint density at radius 3 is 2.85 bits per heavy atom. The second kappa shape index (κ2) is 9.20. The van der Waals surface area contributed by atoms with Crippen LogP contribution >= 0.6 is 11.6 Å². The lowest BCUT2D eigenvalue weighted by Gasteiger charge is -2.08. The van der Waals surface area contributed by atoms with Crippen LogP contribution in [0.1, 0.15) is 18.9 Å². The van der Waals surface area contributed by atoms with Crippen molar-refractivity contribution in [1.29, 1.82) is 0 Å². The van der Waals surface area contributed by atoms with Gasteiger partial charge < -0.3 is 15.4 Å². The minimum atomic E-state index is -0.275. The maximum atomic E-state index is 11.5. The Bertz CT molecular complexity index is 452. The van der Waals surface area contributed by atoms with E-state index in [1.54, 1.807) is 0 Å². The third-order valence-corrected chi connectivity index (χ3v) is 2.67. The van der Waals surface area contributed by atoms with Crippen molar-refractivity contribution in [1.82, 2.24) is 5.32 Å². The molecule has 110 valence electrons. The molecule has 0 aromatic heterocycles. The van der Waals surface area contributed by atoms with Gasteiger partial charge in [0.05, 0.1) is 6.61 Å². The number of esters is 1. The first-order chi connectivity index (χ1) is 9.61. The summed E-state index contributed by atoms with van der Waals surface area (Å²) in [5.41, 5.74) is 1.80. The van der Waals surface area contributed by atoms with Crippen LogP contribution in [0, 0.1) is 0 Å².